The number of aryl methyl sites for hydroxylation is 1. The molecule has 0 bridgehead atoms. The molecule has 1 amide bonds. The Morgan fingerprint density at radius 1 is 1.28 bits per heavy atom. The fourth-order valence-corrected chi connectivity index (χ4v) is 3.59. The molecule has 0 fully saturated rings. The Labute approximate surface area is 151 Å². The third-order valence-corrected chi connectivity index (χ3v) is 4.86. The second kappa shape index (κ2) is 7.61. The smallest absolute Gasteiger partial charge is 0.270 e. The lowest BCUT2D eigenvalue weighted by atomic mass is 10.1. The molecule has 0 radical (unpaired) electrons. The van der Waals surface area contributed by atoms with Gasteiger partial charge in [0.05, 0.1) is 11.7 Å². The van der Waals surface area contributed by atoms with Crippen molar-refractivity contribution in [2.45, 2.75) is 26.3 Å². The zero-order valence-corrected chi connectivity index (χ0v) is 15.5. The molecular formula is C19H22N4OS. The molecule has 1 unspecified atom stereocenters. The van der Waals surface area contributed by atoms with Crippen LogP contribution in [0.1, 0.15) is 46.5 Å². The van der Waals surface area contributed by atoms with Crippen LogP contribution in [0, 0.1) is 5.92 Å². The van der Waals surface area contributed by atoms with Gasteiger partial charge in [0.25, 0.3) is 5.91 Å². The first-order valence-corrected chi connectivity index (χ1v) is 9.19. The van der Waals surface area contributed by atoms with Crippen LogP contribution in [0.25, 0.3) is 0 Å². The largest absolute Gasteiger partial charge is 0.339 e. The average molecular weight is 354 g/mol. The first-order chi connectivity index (χ1) is 12.0. The van der Waals surface area contributed by atoms with Crippen molar-refractivity contribution in [3.05, 3.63) is 69.9 Å². The number of carbonyl (C=O) groups excluding carboxylic acids is 1. The molecule has 0 saturated carbocycles. The van der Waals surface area contributed by atoms with Gasteiger partial charge in [0, 0.05) is 24.3 Å². The lowest BCUT2D eigenvalue weighted by Crippen LogP contribution is -2.30. The Morgan fingerprint density at radius 3 is 2.68 bits per heavy atom. The van der Waals surface area contributed by atoms with Gasteiger partial charge in [-0.15, -0.1) is 11.3 Å². The Morgan fingerprint density at radius 2 is 2.04 bits per heavy atom. The summed E-state index contributed by atoms with van der Waals surface area (Å²) in [6.45, 7) is 4.29. The Balaban J connectivity index is 1.85. The maximum atomic E-state index is 12.9. The zero-order chi connectivity index (χ0) is 17.8. The summed E-state index contributed by atoms with van der Waals surface area (Å²) in [4.78, 5) is 18.0. The van der Waals surface area contributed by atoms with Crippen LogP contribution in [-0.2, 0) is 13.5 Å². The Kier molecular flexibility index (Phi) is 5.28. The molecular weight excluding hydrogens is 332 g/mol. The molecule has 3 heterocycles. The van der Waals surface area contributed by atoms with Gasteiger partial charge in [-0.25, -0.2) is 0 Å². The van der Waals surface area contributed by atoms with E-state index in [1.54, 1.807) is 28.4 Å². The van der Waals surface area contributed by atoms with Gasteiger partial charge in [0.15, 0.2) is 0 Å². The highest BCUT2D eigenvalue weighted by atomic mass is 32.1. The molecule has 3 aromatic rings. The number of rotatable bonds is 6. The maximum absolute atomic E-state index is 12.9. The third-order valence-electron chi connectivity index (χ3n) is 3.92. The molecule has 0 spiro atoms. The summed E-state index contributed by atoms with van der Waals surface area (Å²) in [6, 6.07) is 9.57. The van der Waals surface area contributed by atoms with Gasteiger partial charge in [-0.3, -0.25) is 14.5 Å². The molecule has 0 aromatic carbocycles. The molecule has 3 rings (SSSR count). The van der Waals surface area contributed by atoms with Crippen LogP contribution in [0.5, 0.6) is 0 Å². The second-order valence-corrected chi connectivity index (χ2v) is 7.42. The van der Waals surface area contributed by atoms with E-state index in [-0.39, 0.29) is 11.9 Å². The predicted octanol–water partition coefficient (Wildman–Crippen LogP) is 3.59. The van der Waals surface area contributed by atoms with E-state index in [0.29, 0.717) is 11.6 Å². The number of amides is 1. The Hall–Kier alpha value is -2.47. The number of hydrogen-bond donors (Lipinski definition) is 1. The van der Waals surface area contributed by atoms with Gasteiger partial charge in [0.2, 0.25) is 0 Å². The molecule has 3 aromatic heterocycles. The van der Waals surface area contributed by atoms with Crippen molar-refractivity contribution in [1.82, 2.24) is 20.1 Å². The van der Waals surface area contributed by atoms with Crippen LogP contribution in [-0.4, -0.2) is 20.7 Å². The normalized spacial score (nSPS) is 12.3. The van der Waals surface area contributed by atoms with Crippen LogP contribution in [0.4, 0.5) is 0 Å². The van der Waals surface area contributed by atoms with E-state index in [9.17, 15) is 4.79 Å². The fourth-order valence-electron chi connectivity index (χ4n) is 2.79. The highest BCUT2D eigenvalue weighted by Gasteiger charge is 2.21. The zero-order valence-electron chi connectivity index (χ0n) is 14.6. The van der Waals surface area contributed by atoms with Gasteiger partial charge >= 0.3 is 0 Å². The molecule has 1 N–H and O–H groups in total. The minimum atomic E-state index is -0.195. The summed E-state index contributed by atoms with van der Waals surface area (Å²) in [7, 11) is 1.81. The first kappa shape index (κ1) is 17.4. The number of nitrogens with one attached hydrogen (secondary N) is 1. The highest BCUT2D eigenvalue weighted by molar-refractivity contribution is 7.10. The standard InChI is InChI=1S/C19H22N4OS/c1-13(2)11-15-12-16(23(3)22-15)19(24)21-18(17-5-4-10-25-17)14-6-8-20-9-7-14/h4-10,12-13,18H,11H2,1-3H3,(H,21,24). The van der Waals surface area contributed by atoms with Gasteiger partial charge < -0.3 is 5.32 Å². The van der Waals surface area contributed by atoms with E-state index in [0.717, 1.165) is 22.6 Å². The van der Waals surface area contributed by atoms with Gasteiger partial charge in [-0.1, -0.05) is 19.9 Å². The highest BCUT2D eigenvalue weighted by Crippen LogP contribution is 2.26. The molecule has 1 atom stereocenters. The summed E-state index contributed by atoms with van der Waals surface area (Å²) >= 11 is 1.62. The van der Waals surface area contributed by atoms with E-state index >= 15 is 0 Å². The maximum Gasteiger partial charge on any atom is 0.270 e. The number of nitrogens with zero attached hydrogens (tertiary/aromatic N) is 3. The van der Waals surface area contributed by atoms with E-state index in [1.807, 2.05) is 42.8 Å². The minimum Gasteiger partial charge on any atom is -0.339 e. The molecule has 0 saturated heterocycles. The van der Waals surface area contributed by atoms with Gasteiger partial charge in [0.1, 0.15) is 5.69 Å². The summed E-state index contributed by atoms with van der Waals surface area (Å²) in [5.41, 5.74) is 2.53. The second-order valence-electron chi connectivity index (χ2n) is 6.44. The molecule has 0 aliphatic carbocycles. The monoisotopic (exact) mass is 354 g/mol. The summed E-state index contributed by atoms with van der Waals surface area (Å²) in [5.74, 6) is 0.377. The van der Waals surface area contributed by atoms with Crippen molar-refractivity contribution in [2.24, 2.45) is 13.0 Å². The van der Waals surface area contributed by atoms with Crippen LogP contribution >= 0.6 is 11.3 Å². The van der Waals surface area contributed by atoms with Gasteiger partial charge in [-0.05, 0) is 47.5 Å². The average Bonchev–Trinajstić information content (AvgIpc) is 3.22. The predicted molar refractivity (Wildman–Crippen MR) is 99.6 cm³/mol. The summed E-state index contributed by atoms with van der Waals surface area (Å²) < 4.78 is 1.66. The van der Waals surface area contributed by atoms with Crippen LogP contribution in [0.2, 0.25) is 0 Å². The van der Waals surface area contributed by atoms with Crippen molar-refractivity contribution in [3.8, 4) is 0 Å². The van der Waals surface area contributed by atoms with Crippen molar-refractivity contribution < 1.29 is 4.79 Å². The topological polar surface area (TPSA) is 59.8 Å². The van der Waals surface area contributed by atoms with Crippen LogP contribution in [0.3, 0.4) is 0 Å². The fraction of sp³-hybridized carbons (Fsp3) is 0.316. The lowest BCUT2D eigenvalue weighted by Gasteiger charge is -2.17. The van der Waals surface area contributed by atoms with Crippen molar-refractivity contribution in [1.29, 1.82) is 0 Å². The number of aromatic nitrogens is 3. The number of thiophene rings is 1. The lowest BCUT2D eigenvalue weighted by molar-refractivity contribution is 0.0934. The quantitative estimate of drug-likeness (QED) is 0.736. The summed E-state index contributed by atoms with van der Waals surface area (Å²) in [5, 5.41) is 9.62. The first-order valence-electron chi connectivity index (χ1n) is 8.31. The van der Waals surface area contributed by atoms with E-state index < -0.39 is 0 Å². The van der Waals surface area contributed by atoms with Crippen molar-refractivity contribution >= 4 is 17.2 Å². The SMILES string of the molecule is CC(C)Cc1cc(C(=O)NC(c2ccncc2)c2cccs2)n(C)n1. The van der Waals surface area contributed by atoms with Crippen LogP contribution in [0.15, 0.2) is 48.1 Å². The van der Waals surface area contributed by atoms with E-state index in [1.165, 1.54) is 0 Å². The molecule has 0 aliphatic heterocycles. The summed E-state index contributed by atoms with van der Waals surface area (Å²) in [6.07, 6.45) is 4.35. The minimum absolute atomic E-state index is 0.125. The van der Waals surface area contributed by atoms with Crippen LogP contribution < -0.4 is 5.32 Å². The number of carbonyl (C=O) groups is 1. The molecule has 130 valence electrons. The number of pyridine rings is 1. The van der Waals surface area contributed by atoms with Gasteiger partial charge in [-0.2, -0.15) is 5.10 Å². The Bertz CT molecular complexity index is 824. The van der Waals surface area contributed by atoms with Crippen molar-refractivity contribution in [2.75, 3.05) is 0 Å². The van der Waals surface area contributed by atoms with E-state index in [4.69, 9.17) is 0 Å². The molecule has 5 nitrogen and oxygen atoms in total. The van der Waals surface area contributed by atoms with Crippen molar-refractivity contribution in [3.63, 3.8) is 0 Å². The third kappa shape index (κ3) is 4.14. The molecule has 6 heteroatoms. The van der Waals surface area contributed by atoms with E-state index in [2.05, 4.69) is 29.2 Å². The molecule has 0 aliphatic rings. The number of hydrogen-bond acceptors (Lipinski definition) is 4. The molecule has 25 heavy (non-hydrogen) atoms.